The summed E-state index contributed by atoms with van der Waals surface area (Å²) in [5, 5.41) is 9.29. The Labute approximate surface area is 175 Å². The third-order valence-corrected chi connectivity index (χ3v) is 6.37. The maximum Gasteiger partial charge on any atom is 0.344 e. The summed E-state index contributed by atoms with van der Waals surface area (Å²) < 4.78 is 16.8. The van der Waals surface area contributed by atoms with Crippen LogP contribution in [0.1, 0.15) is 55.8 Å². The van der Waals surface area contributed by atoms with E-state index in [0.717, 1.165) is 32.1 Å². The molecule has 4 aliphatic rings. The number of hydrogen-bond donors (Lipinski definition) is 1. The van der Waals surface area contributed by atoms with E-state index in [-0.39, 0.29) is 11.3 Å². The zero-order valence-corrected chi connectivity index (χ0v) is 17.0. The van der Waals surface area contributed by atoms with Crippen LogP contribution in [0.25, 0.3) is 0 Å². The molecule has 4 bridgehead atoms. The van der Waals surface area contributed by atoms with Gasteiger partial charge in [0.25, 0.3) is 0 Å². The number of phenols is 1. The van der Waals surface area contributed by atoms with Crippen LogP contribution in [0.2, 0.25) is 0 Å². The van der Waals surface area contributed by atoms with Gasteiger partial charge in [-0.1, -0.05) is 6.58 Å². The first-order valence-corrected chi connectivity index (χ1v) is 10.2. The molecule has 30 heavy (non-hydrogen) atoms. The Hall–Kier alpha value is -2.83. The number of ether oxygens (including phenoxy) is 3. The fourth-order valence-corrected chi connectivity index (χ4v) is 5.69. The van der Waals surface area contributed by atoms with Crippen LogP contribution in [0, 0.1) is 11.8 Å². The highest BCUT2D eigenvalue weighted by Gasteiger charge is 2.61. The average Bonchev–Trinajstić information content (AvgIpc) is 2.64. The second-order valence-corrected chi connectivity index (χ2v) is 9.09. The van der Waals surface area contributed by atoms with Crippen molar-refractivity contribution < 1.29 is 33.7 Å². The number of benzene rings is 1. The number of carbonyl (C=O) groups excluding carboxylic acids is 3. The van der Waals surface area contributed by atoms with E-state index in [4.69, 9.17) is 14.2 Å². The number of rotatable bonds is 6. The molecule has 0 radical (unpaired) electrons. The van der Waals surface area contributed by atoms with Gasteiger partial charge in [0, 0.05) is 12.0 Å². The number of carbonyl (C=O) groups is 3. The minimum atomic E-state index is -0.679. The molecule has 0 heterocycles. The monoisotopic (exact) mass is 414 g/mol. The van der Waals surface area contributed by atoms with Crippen molar-refractivity contribution in [2.45, 2.75) is 56.7 Å². The second kappa shape index (κ2) is 7.45. The van der Waals surface area contributed by atoms with Crippen LogP contribution in [0.4, 0.5) is 0 Å². The summed E-state index contributed by atoms with van der Waals surface area (Å²) in [5.41, 5.74) is -0.691. The van der Waals surface area contributed by atoms with E-state index in [1.807, 2.05) is 0 Å². The Kier molecular flexibility index (Phi) is 5.08. The highest BCUT2D eigenvalue weighted by Crippen LogP contribution is 2.60. The van der Waals surface area contributed by atoms with Crippen LogP contribution >= 0.6 is 0 Å². The van der Waals surface area contributed by atoms with Gasteiger partial charge in [0.05, 0.1) is 5.56 Å². The Bertz CT molecular complexity index is 871. The molecule has 1 aromatic rings. The van der Waals surface area contributed by atoms with E-state index in [1.54, 1.807) is 6.92 Å². The van der Waals surface area contributed by atoms with Crippen molar-refractivity contribution in [3.05, 3.63) is 42.0 Å². The number of esters is 3. The molecular formula is C23H26O7. The third-order valence-electron chi connectivity index (χ3n) is 6.37. The van der Waals surface area contributed by atoms with Gasteiger partial charge in [-0.25, -0.2) is 14.4 Å². The molecule has 4 aliphatic carbocycles. The predicted molar refractivity (Wildman–Crippen MR) is 106 cm³/mol. The molecule has 1 aromatic carbocycles. The molecule has 4 saturated carbocycles. The molecule has 2 atom stereocenters. The lowest BCUT2D eigenvalue weighted by atomic mass is 9.52. The van der Waals surface area contributed by atoms with Gasteiger partial charge < -0.3 is 19.3 Å². The summed E-state index contributed by atoms with van der Waals surface area (Å²) in [6.07, 6.45) is 4.60. The number of phenolic OH excluding ortho intramolecular Hbond substituents is 1. The van der Waals surface area contributed by atoms with Gasteiger partial charge in [-0.05, 0) is 75.1 Å². The SMILES string of the molecule is C=C(C)C(=O)OC12CC3CC(CC(OC(=O)COC(=O)c4ccc(O)cc4)(C3)C1)C2. The minimum absolute atomic E-state index is 0.0362. The second-order valence-electron chi connectivity index (χ2n) is 9.09. The fourth-order valence-electron chi connectivity index (χ4n) is 5.69. The van der Waals surface area contributed by atoms with Crippen molar-refractivity contribution in [1.82, 2.24) is 0 Å². The first-order valence-electron chi connectivity index (χ1n) is 10.2. The lowest BCUT2D eigenvalue weighted by Gasteiger charge is -2.60. The van der Waals surface area contributed by atoms with Gasteiger partial charge in [-0.15, -0.1) is 0 Å². The Morgan fingerprint density at radius 1 is 1.03 bits per heavy atom. The number of hydrogen-bond acceptors (Lipinski definition) is 7. The quantitative estimate of drug-likeness (QED) is 0.433. The summed E-state index contributed by atoms with van der Waals surface area (Å²) in [6, 6.07) is 5.58. The standard InChI is InChI=1S/C23H26O7/c1-14(2)20(26)30-23-10-15-7-16(11-23)9-22(8-15,13-23)29-19(25)12-28-21(27)17-3-5-18(24)6-4-17/h3-6,15-16,24H,1,7-13H2,2H3. The largest absolute Gasteiger partial charge is 0.508 e. The fraction of sp³-hybridized carbons (Fsp3) is 0.522. The molecule has 160 valence electrons. The van der Waals surface area contributed by atoms with Crippen LogP contribution in [0.15, 0.2) is 36.4 Å². The van der Waals surface area contributed by atoms with E-state index in [9.17, 15) is 19.5 Å². The van der Waals surface area contributed by atoms with Gasteiger partial charge >= 0.3 is 17.9 Å². The van der Waals surface area contributed by atoms with E-state index in [1.165, 1.54) is 24.3 Å². The first-order chi connectivity index (χ1) is 14.2. The summed E-state index contributed by atoms with van der Waals surface area (Å²) in [4.78, 5) is 36.8. The van der Waals surface area contributed by atoms with Crippen molar-refractivity contribution in [3.63, 3.8) is 0 Å². The lowest BCUT2D eigenvalue weighted by Crippen LogP contribution is -2.62. The van der Waals surface area contributed by atoms with Crippen molar-refractivity contribution in [1.29, 1.82) is 0 Å². The molecule has 5 rings (SSSR count). The summed E-state index contributed by atoms with van der Waals surface area (Å²) in [5.74, 6) is -0.946. The van der Waals surface area contributed by atoms with Gasteiger partial charge in [-0.3, -0.25) is 0 Å². The first kappa shape index (κ1) is 20.4. The molecule has 0 saturated heterocycles. The van der Waals surface area contributed by atoms with Crippen molar-refractivity contribution >= 4 is 17.9 Å². The summed E-state index contributed by atoms with van der Waals surface area (Å²) in [7, 11) is 0. The van der Waals surface area contributed by atoms with E-state index >= 15 is 0 Å². The maximum absolute atomic E-state index is 12.5. The van der Waals surface area contributed by atoms with E-state index in [2.05, 4.69) is 6.58 Å². The van der Waals surface area contributed by atoms with Gasteiger partial charge in [0.2, 0.25) is 0 Å². The normalized spacial score (nSPS) is 31.1. The zero-order chi connectivity index (χ0) is 21.5. The van der Waals surface area contributed by atoms with Gasteiger partial charge in [0.1, 0.15) is 17.0 Å². The smallest absolute Gasteiger partial charge is 0.344 e. The van der Waals surface area contributed by atoms with E-state index < -0.39 is 35.7 Å². The van der Waals surface area contributed by atoms with Gasteiger partial charge in [-0.2, -0.15) is 0 Å². The van der Waals surface area contributed by atoms with Crippen LogP contribution in [-0.2, 0) is 23.8 Å². The Morgan fingerprint density at radius 3 is 2.17 bits per heavy atom. The van der Waals surface area contributed by atoms with Crippen LogP contribution in [-0.4, -0.2) is 40.8 Å². The highest BCUT2D eigenvalue weighted by molar-refractivity contribution is 5.91. The molecule has 0 spiro atoms. The predicted octanol–water partition coefficient (Wildman–Crippen LogP) is 3.30. The lowest BCUT2D eigenvalue weighted by molar-refractivity contribution is -0.230. The topological polar surface area (TPSA) is 99.1 Å². The highest BCUT2D eigenvalue weighted by atomic mass is 16.6. The molecule has 0 amide bonds. The Morgan fingerprint density at radius 2 is 1.60 bits per heavy atom. The molecule has 2 unspecified atom stereocenters. The molecule has 7 nitrogen and oxygen atoms in total. The molecule has 7 heteroatoms. The van der Waals surface area contributed by atoms with Crippen molar-refractivity contribution in [3.8, 4) is 5.75 Å². The average molecular weight is 414 g/mol. The van der Waals surface area contributed by atoms with Gasteiger partial charge in [0.15, 0.2) is 6.61 Å². The summed E-state index contributed by atoms with van der Waals surface area (Å²) in [6.45, 7) is 4.80. The summed E-state index contributed by atoms with van der Waals surface area (Å²) >= 11 is 0. The van der Waals surface area contributed by atoms with Crippen molar-refractivity contribution in [2.24, 2.45) is 11.8 Å². The molecule has 0 aliphatic heterocycles. The number of aromatic hydroxyl groups is 1. The minimum Gasteiger partial charge on any atom is -0.508 e. The molecule has 4 fully saturated rings. The molecule has 1 N–H and O–H groups in total. The van der Waals surface area contributed by atoms with Crippen LogP contribution < -0.4 is 0 Å². The van der Waals surface area contributed by atoms with Crippen LogP contribution in [0.5, 0.6) is 5.75 Å². The Balaban J connectivity index is 1.39. The van der Waals surface area contributed by atoms with E-state index in [0.29, 0.717) is 23.8 Å². The van der Waals surface area contributed by atoms with Crippen molar-refractivity contribution in [2.75, 3.05) is 6.61 Å². The molecular weight excluding hydrogens is 388 g/mol. The maximum atomic E-state index is 12.5. The zero-order valence-electron chi connectivity index (χ0n) is 17.0. The van der Waals surface area contributed by atoms with Crippen LogP contribution in [0.3, 0.4) is 0 Å². The molecule has 0 aromatic heterocycles. The third kappa shape index (κ3) is 4.06.